The number of pyridine rings is 1. The van der Waals surface area contributed by atoms with Crippen LogP contribution < -0.4 is 5.73 Å². The molecule has 1 heterocycles. The summed E-state index contributed by atoms with van der Waals surface area (Å²) in [6, 6.07) is 1.89. The predicted octanol–water partition coefficient (Wildman–Crippen LogP) is 2.07. The Morgan fingerprint density at radius 2 is 2.10 bits per heavy atom. The van der Waals surface area contributed by atoms with E-state index in [1.807, 2.05) is 26.0 Å². The molecule has 2 rings (SSSR count). The number of nitrogens with two attached hydrogens (primary N) is 1. The van der Waals surface area contributed by atoms with Gasteiger partial charge in [-0.05, 0) is 24.0 Å². The lowest BCUT2D eigenvalue weighted by atomic mass is 9.79. The number of anilines is 1. The topological polar surface area (TPSA) is 82.3 Å². The normalized spacial score (nSPS) is 27.1. The first kappa shape index (κ1) is 15.0. The summed E-state index contributed by atoms with van der Waals surface area (Å²) in [6.45, 7) is 3.96. The van der Waals surface area contributed by atoms with Crippen molar-refractivity contribution in [3.05, 3.63) is 30.1 Å². The number of nitrogen functional groups attached to an aromatic ring is 1. The minimum absolute atomic E-state index is 0.0102. The van der Waals surface area contributed by atoms with E-state index in [1.165, 1.54) is 0 Å². The fourth-order valence-corrected chi connectivity index (χ4v) is 3.51. The first-order valence-electron chi connectivity index (χ1n) is 6.56. The van der Waals surface area contributed by atoms with Crippen LogP contribution in [0.25, 0.3) is 5.57 Å². The van der Waals surface area contributed by atoms with E-state index in [2.05, 4.69) is 4.98 Å². The highest BCUT2D eigenvalue weighted by Gasteiger charge is 2.32. The molecule has 0 aromatic carbocycles. The third kappa shape index (κ3) is 3.37. The number of nitrogens with zero attached hydrogens (tertiary/aromatic N) is 1. The Labute approximate surface area is 120 Å². The summed E-state index contributed by atoms with van der Waals surface area (Å²) in [5.74, 6) is 0.114. The Kier molecular flexibility index (Phi) is 4.15. The summed E-state index contributed by atoms with van der Waals surface area (Å²) < 4.78 is 27.9. The first-order chi connectivity index (χ1) is 9.28. The lowest BCUT2D eigenvalue weighted by molar-refractivity contribution is 0.113. The van der Waals surface area contributed by atoms with Crippen molar-refractivity contribution in [2.24, 2.45) is 11.8 Å². The predicted molar refractivity (Wildman–Crippen MR) is 79.3 cm³/mol. The average molecular weight is 296 g/mol. The molecule has 3 atom stereocenters. The fraction of sp³-hybridized carbons (Fsp3) is 0.500. The van der Waals surface area contributed by atoms with Gasteiger partial charge in [-0.3, -0.25) is 9.17 Å². The molecule has 5 nitrogen and oxygen atoms in total. The van der Waals surface area contributed by atoms with Crippen LogP contribution in [0.1, 0.15) is 25.8 Å². The van der Waals surface area contributed by atoms with Crippen LogP contribution in [0.4, 0.5) is 5.69 Å². The Morgan fingerprint density at radius 1 is 1.40 bits per heavy atom. The molecule has 1 aliphatic rings. The van der Waals surface area contributed by atoms with Crippen LogP contribution in [-0.4, -0.2) is 25.8 Å². The smallest absolute Gasteiger partial charge is 0.264 e. The number of aromatic nitrogens is 1. The Hall–Kier alpha value is -1.40. The molecule has 0 aliphatic heterocycles. The summed E-state index contributed by atoms with van der Waals surface area (Å²) in [4.78, 5) is 3.98. The summed E-state index contributed by atoms with van der Waals surface area (Å²) >= 11 is 0. The third-order valence-electron chi connectivity index (χ3n) is 3.57. The van der Waals surface area contributed by atoms with Gasteiger partial charge in [-0.2, -0.15) is 8.42 Å². The molecule has 0 spiro atoms. The summed E-state index contributed by atoms with van der Waals surface area (Å²) in [6.07, 6.45) is 6.88. The molecule has 0 saturated carbocycles. The molecule has 1 aliphatic carbocycles. The molecule has 0 amide bonds. The van der Waals surface area contributed by atoms with Gasteiger partial charge in [0.2, 0.25) is 0 Å². The van der Waals surface area contributed by atoms with Crippen LogP contribution in [0.5, 0.6) is 0 Å². The van der Waals surface area contributed by atoms with Crippen molar-refractivity contribution in [3.8, 4) is 0 Å². The van der Waals surface area contributed by atoms with Gasteiger partial charge in [-0.1, -0.05) is 19.9 Å². The number of hydrogen-bond donors (Lipinski definition) is 1. The minimum atomic E-state index is -3.44. The number of allylic oxidation sites excluding steroid dienone is 1. The summed E-state index contributed by atoms with van der Waals surface area (Å²) in [7, 11) is -3.44. The van der Waals surface area contributed by atoms with E-state index in [1.54, 1.807) is 12.4 Å². The highest BCUT2D eigenvalue weighted by Crippen LogP contribution is 2.37. The van der Waals surface area contributed by atoms with E-state index in [0.29, 0.717) is 5.69 Å². The first-order valence-corrected chi connectivity index (χ1v) is 8.38. The van der Waals surface area contributed by atoms with Gasteiger partial charge in [-0.15, -0.1) is 0 Å². The van der Waals surface area contributed by atoms with Crippen LogP contribution in [0.3, 0.4) is 0 Å². The van der Waals surface area contributed by atoms with Crippen LogP contribution in [0.2, 0.25) is 0 Å². The highest BCUT2D eigenvalue weighted by atomic mass is 32.2. The van der Waals surface area contributed by atoms with Gasteiger partial charge in [-0.25, -0.2) is 0 Å². The number of rotatable bonds is 3. The van der Waals surface area contributed by atoms with Gasteiger partial charge < -0.3 is 5.73 Å². The van der Waals surface area contributed by atoms with Crippen molar-refractivity contribution in [3.63, 3.8) is 0 Å². The fourth-order valence-electron chi connectivity index (χ4n) is 2.74. The maximum atomic E-state index is 11.3. The Morgan fingerprint density at radius 3 is 2.65 bits per heavy atom. The van der Waals surface area contributed by atoms with Crippen LogP contribution in [0.15, 0.2) is 24.5 Å². The van der Waals surface area contributed by atoms with E-state index in [4.69, 9.17) is 9.92 Å². The van der Waals surface area contributed by atoms with Crippen LogP contribution in [-0.2, 0) is 14.3 Å². The van der Waals surface area contributed by atoms with Gasteiger partial charge in [0.25, 0.3) is 10.1 Å². The average Bonchev–Trinajstić information content (AvgIpc) is 2.33. The molecule has 1 aromatic rings. The van der Waals surface area contributed by atoms with Crippen molar-refractivity contribution >= 4 is 21.4 Å². The maximum Gasteiger partial charge on any atom is 0.264 e. The van der Waals surface area contributed by atoms with Gasteiger partial charge in [0.15, 0.2) is 0 Å². The van der Waals surface area contributed by atoms with Crippen LogP contribution >= 0.6 is 0 Å². The molecular formula is C14H20N2O3S. The minimum Gasteiger partial charge on any atom is -0.397 e. The van der Waals surface area contributed by atoms with Crippen molar-refractivity contribution in [1.82, 2.24) is 4.98 Å². The summed E-state index contributed by atoms with van der Waals surface area (Å²) in [5.41, 5.74) is 8.68. The second kappa shape index (κ2) is 5.54. The lowest BCUT2D eigenvalue weighted by Crippen LogP contribution is -2.33. The third-order valence-corrected chi connectivity index (χ3v) is 4.14. The molecule has 0 bridgehead atoms. The largest absolute Gasteiger partial charge is 0.397 e. The zero-order valence-corrected chi connectivity index (χ0v) is 12.7. The molecule has 1 aromatic heterocycles. The molecule has 0 unspecified atom stereocenters. The standard InChI is InChI=1S/C14H20N2O3S/c1-9-6-11(12-4-5-16-8-13(12)15)7-10(2)14(9)19-20(3,17)18/h4-6,8-10,14H,7,15H2,1-3H3/t9-,10+,14-/m1/s1. The zero-order valence-electron chi connectivity index (χ0n) is 11.9. The SMILES string of the molecule is C[C@@H]1C=C(c2ccncc2N)C[C@H](C)[C@@H]1OS(C)(=O)=O. The second-order valence-corrected chi connectivity index (χ2v) is 7.06. The van der Waals surface area contributed by atoms with E-state index >= 15 is 0 Å². The van der Waals surface area contributed by atoms with Crippen LogP contribution in [0, 0.1) is 11.8 Å². The quantitative estimate of drug-likeness (QED) is 0.863. The van der Waals surface area contributed by atoms with Crippen molar-refractivity contribution in [2.45, 2.75) is 26.4 Å². The molecule has 6 heteroatoms. The van der Waals surface area contributed by atoms with Gasteiger partial charge in [0, 0.05) is 17.7 Å². The monoisotopic (exact) mass is 296 g/mol. The highest BCUT2D eigenvalue weighted by molar-refractivity contribution is 7.86. The molecule has 0 fully saturated rings. The molecule has 0 radical (unpaired) electrons. The molecular weight excluding hydrogens is 276 g/mol. The summed E-state index contributed by atoms with van der Waals surface area (Å²) in [5, 5.41) is 0. The van der Waals surface area contributed by atoms with E-state index in [0.717, 1.165) is 23.8 Å². The Balaban J connectivity index is 2.29. The van der Waals surface area contributed by atoms with Gasteiger partial charge >= 0.3 is 0 Å². The Bertz CT molecular complexity index is 625. The van der Waals surface area contributed by atoms with Gasteiger partial charge in [0.1, 0.15) is 0 Å². The van der Waals surface area contributed by atoms with Crippen molar-refractivity contribution in [2.75, 3.05) is 12.0 Å². The molecule has 2 N–H and O–H groups in total. The van der Waals surface area contributed by atoms with E-state index in [9.17, 15) is 8.42 Å². The zero-order chi connectivity index (χ0) is 14.9. The molecule has 20 heavy (non-hydrogen) atoms. The van der Waals surface area contributed by atoms with E-state index in [-0.39, 0.29) is 17.9 Å². The maximum absolute atomic E-state index is 11.3. The lowest BCUT2D eigenvalue weighted by Gasteiger charge is -2.33. The molecule has 110 valence electrons. The van der Waals surface area contributed by atoms with Crippen molar-refractivity contribution < 1.29 is 12.6 Å². The number of hydrogen-bond acceptors (Lipinski definition) is 5. The second-order valence-electron chi connectivity index (χ2n) is 5.46. The molecule has 0 saturated heterocycles. The van der Waals surface area contributed by atoms with Crippen molar-refractivity contribution in [1.29, 1.82) is 0 Å². The van der Waals surface area contributed by atoms with Gasteiger partial charge in [0.05, 0.1) is 24.2 Å². The van der Waals surface area contributed by atoms with E-state index < -0.39 is 10.1 Å².